The fraction of sp³-hybridized carbons (Fsp3) is 0.154. The van der Waals surface area contributed by atoms with Gasteiger partial charge >= 0.3 is 0 Å². The van der Waals surface area contributed by atoms with Gasteiger partial charge in [-0.25, -0.2) is 0 Å². The van der Waals surface area contributed by atoms with Gasteiger partial charge in [-0.05, 0) is 42.0 Å². The van der Waals surface area contributed by atoms with Crippen LogP contribution in [0.25, 0.3) is 5.76 Å². The number of carbonyl (C=O) groups excluding carboxylic acids is 2. The molecule has 7 heteroatoms. The van der Waals surface area contributed by atoms with Crippen molar-refractivity contribution in [2.24, 2.45) is 0 Å². The first-order chi connectivity index (χ1) is 16.0. The first kappa shape index (κ1) is 22.0. The molecule has 1 atom stereocenters. The Balaban J connectivity index is 1.81. The topological polar surface area (TPSA) is 89.2 Å². The fourth-order valence-electron chi connectivity index (χ4n) is 3.79. The molecule has 0 aliphatic carbocycles. The highest BCUT2D eigenvalue weighted by Crippen LogP contribution is 2.41. The number of methoxy groups -OCH3 is 1. The van der Waals surface area contributed by atoms with Gasteiger partial charge in [0.15, 0.2) is 0 Å². The Kier molecular flexibility index (Phi) is 6.31. The number of likely N-dealkylation sites (tertiary alicyclic amines) is 1. The van der Waals surface area contributed by atoms with E-state index in [0.717, 1.165) is 0 Å². The van der Waals surface area contributed by atoms with Crippen molar-refractivity contribution in [3.63, 3.8) is 0 Å². The summed E-state index contributed by atoms with van der Waals surface area (Å²) < 4.78 is 16.2. The Hall–Kier alpha value is -4.26. The second-order valence-electron chi connectivity index (χ2n) is 7.41. The zero-order chi connectivity index (χ0) is 23.4. The lowest BCUT2D eigenvalue weighted by Crippen LogP contribution is -2.29. The molecule has 1 unspecified atom stereocenters. The first-order valence-corrected chi connectivity index (χ1v) is 10.3. The summed E-state index contributed by atoms with van der Waals surface area (Å²) >= 11 is 0. The first-order valence-electron chi connectivity index (χ1n) is 10.3. The third kappa shape index (κ3) is 4.39. The summed E-state index contributed by atoms with van der Waals surface area (Å²) in [6.07, 6.45) is 3.14. The van der Waals surface area contributed by atoms with Crippen LogP contribution < -0.4 is 9.47 Å². The van der Waals surface area contributed by atoms with Crippen LogP contribution in [-0.2, 0) is 16.1 Å². The summed E-state index contributed by atoms with van der Waals surface area (Å²) in [6.45, 7) is 4.06. The summed E-state index contributed by atoms with van der Waals surface area (Å²) in [5, 5.41) is 11.1. The van der Waals surface area contributed by atoms with Crippen LogP contribution in [-0.4, -0.2) is 35.4 Å². The lowest BCUT2D eigenvalue weighted by molar-refractivity contribution is -0.140. The zero-order valence-corrected chi connectivity index (χ0v) is 18.1. The van der Waals surface area contributed by atoms with E-state index < -0.39 is 17.7 Å². The lowest BCUT2D eigenvalue weighted by atomic mass is 9.95. The number of aliphatic hydroxyl groups is 1. The number of aliphatic hydroxyl groups excluding tert-OH is 1. The molecular formula is C26H23NO6. The third-order valence-corrected chi connectivity index (χ3v) is 5.35. The van der Waals surface area contributed by atoms with Crippen molar-refractivity contribution in [1.82, 2.24) is 4.90 Å². The number of ketones is 1. The number of ether oxygens (including phenoxy) is 2. The number of benzene rings is 2. The largest absolute Gasteiger partial charge is 0.507 e. The van der Waals surface area contributed by atoms with Gasteiger partial charge in [-0.15, -0.1) is 0 Å². The van der Waals surface area contributed by atoms with Crippen LogP contribution >= 0.6 is 0 Å². The van der Waals surface area contributed by atoms with Crippen molar-refractivity contribution in [3.05, 3.63) is 102 Å². The molecule has 0 spiro atoms. The predicted molar refractivity (Wildman–Crippen MR) is 122 cm³/mol. The van der Waals surface area contributed by atoms with Crippen molar-refractivity contribution in [2.45, 2.75) is 12.6 Å². The number of Topliss-reactive ketones (excluding diaryl/α,β-unsaturated/α-hetero) is 1. The molecule has 2 aromatic carbocycles. The minimum absolute atomic E-state index is 0.000399. The fourth-order valence-corrected chi connectivity index (χ4v) is 3.79. The summed E-state index contributed by atoms with van der Waals surface area (Å²) in [7, 11) is 1.51. The molecule has 1 aliphatic rings. The van der Waals surface area contributed by atoms with Gasteiger partial charge in [0.1, 0.15) is 29.6 Å². The number of hydrogen-bond acceptors (Lipinski definition) is 6. The average Bonchev–Trinajstić information content (AvgIpc) is 3.45. The van der Waals surface area contributed by atoms with E-state index in [2.05, 4.69) is 6.58 Å². The molecule has 7 nitrogen and oxygen atoms in total. The average molecular weight is 445 g/mol. The second kappa shape index (κ2) is 9.48. The van der Waals surface area contributed by atoms with E-state index in [-0.39, 0.29) is 17.9 Å². The standard InChI is InChI=1S/C26H23NO6/c1-3-13-32-19-11-9-17(10-12-19)23-22(24(28)18-6-4-7-20(15-18)31-2)25(29)26(30)27(23)16-21-8-5-14-33-21/h3-12,14-15,23,28H,1,13,16H2,2H3. The summed E-state index contributed by atoms with van der Waals surface area (Å²) in [5.74, 6) is -0.0920. The van der Waals surface area contributed by atoms with Gasteiger partial charge in [0.05, 0.1) is 31.5 Å². The van der Waals surface area contributed by atoms with Crippen molar-refractivity contribution >= 4 is 17.4 Å². The van der Waals surface area contributed by atoms with Crippen molar-refractivity contribution in [2.75, 3.05) is 13.7 Å². The van der Waals surface area contributed by atoms with E-state index in [1.807, 2.05) is 0 Å². The van der Waals surface area contributed by atoms with E-state index in [0.29, 0.717) is 35.0 Å². The SMILES string of the molecule is C=CCOc1ccc(C2C(=C(O)c3cccc(OC)c3)C(=O)C(=O)N2Cc2ccco2)cc1. The van der Waals surface area contributed by atoms with E-state index in [9.17, 15) is 14.7 Å². The number of hydrogen-bond donors (Lipinski definition) is 1. The van der Waals surface area contributed by atoms with Crippen LogP contribution in [0.5, 0.6) is 11.5 Å². The van der Waals surface area contributed by atoms with Gasteiger partial charge in [0, 0.05) is 5.56 Å². The molecule has 33 heavy (non-hydrogen) atoms. The van der Waals surface area contributed by atoms with Crippen molar-refractivity contribution in [1.29, 1.82) is 0 Å². The molecule has 1 amide bonds. The van der Waals surface area contributed by atoms with Crippen LogP contribution in [0, 0.1) is 0 Å². The quantitative estimate of drug-likeness (QED) is 0.238. The van der Waals surface area contributed by atoms with Crippen LogP contribution in [0.2, 0.25) is 0 Å². The molecule has 1 saturated heterocycles. The van der Waals surface area contributed by atoms with Crippen LogP contribution in [0.4, 0.5) is 0 Å². The van der Waals surface area contributed by atoms with E-state index >= 15 is 0 Å². The highest BCUT2D eigenvalue weighted by Gasteiger charge is 2.46. The van der Waals surface area contributed by atoms with Gasteiger partial charge in [-0.3, -0.25) is 9.59 Å². The summed E-state index contributed by atoms with van der Waals surface area (Å²) in [5.41, 5.74) is 1.03. The van der Waals surface area contributed by atoms with Crippen LogP contribution in [0.3, 0.4) is 0 Å². The summed E-state index contributed by atoms with van der Waals surface area (Å²) in [4.78, 5) is 27.5. The van der Waals surface area contributed by atoms with E-state index in [1.165, 1.54) is 18.3 Å². The Labute approximate surface area is 191 Å². The number of carbonyl (C=O) groups is 2. The molecule has 4 rings (SSSR count). The molecule has 3 aromatic rings. The normalized spacial score (nSPS) is 17.2. The maximum absolute atomic E-state index is 13.1. The Morgan fingerprint density at radius 1 is 1.12 bits per heavy atom. The molecule has 1 fully saturated rings. The Morgan fingerprint density at radius 3 is 2.58 bits per heavy atom. The maximum Gasteiger partial charge on any atom is 0.296 e. The number of nitrogens with zero attached hydrogens (tertiary/aromatic N) is 1. The smallest absolute Gasteiger partial charge is 0.296 e. The maximum atomic E-state index is 13.1. The van der Waals surface area contributed by atoms with Crippen LogP contribution in [0.15, 0.2) is 89.6 Å². The Bertz CT molecular complexity index is 1190. The molecule has 1 aliphatic heterocycles. The number of amides is 1. The lowest BCUT2D eigenvalue weighted by Gasteiger charge is -2.24. The minimum Gasteiger partial charge on any atom is -0.507 e. The van der Waals surface area contributed by atoms with Crippen molar-refractivity contribution < 1.29 is 28.6 Å². The Morgan fingerprint density at radius 2 is 1.91 bits per heavy atom. The third-order valence-electron chi connectivity index (χ3n) is 5.35. The molecule has 1 aromatic heterocycles. The van der Waals surface area contributed by atoms with Crippen molar-refractivity contribution in [3.8, 4) is 11.5 Å². The molecular weight excluding hydrogens is 422 g/mol. The molecule has 0 saturated carbocycles. The van der Waals surface area contributed by atoms with Gasteiger partial charge < -0.3 is 23.9 Å². The number of furan rings is 1. The van der Waals surface area contributed by atoms with Gasteiger partial charge in [0.25, 0.3) is 11.7 Å². The van der Waals surface area contributed by atoms with Gasteiger partial charge in [-0.1, -0.05) is 36.9 Å². The van der Waals surface area contributed by atoms with E-state index in [1.54, 1.807) is 66.7 Å². The molecule has 0 bridgehead atoms. The van der Waals surface area contributed by atoms with E-state index in [4.69, 9.17) is 13.9 Å². The van der Waals surface area contributed by atoms with Gasteiger partial charge in [-0.2, -0.15) is 0 Å². The molecule has 2 heterocycles. The summed E-state index contributed by atoms with van der Waals surface area (Å²) in [6, 6.07) is 16.3. The molecule has 1 N–H and O–H groups in total. The zero-order valence-electron chi connectivity index (χ0n) is 18.1. The highest BCUT2D eigenvalue weighted by atomic mass is 16.5. The predicted octanol–water partition coefficient (Wildman–Crippen LogP) is 4.47. The number of rotatable bonds is 8. The van der Waals surface area contributed by atoms with Gasteiger partial charge in [0.2, 0.25) is 0 Å². The second-order valence-corrected chi connectivity index (χ2v) is 7.41. The van der Waals surface area contributed by atoms with Crippen LogP contribution in [0.1, 0.15) is 22.9 Å². The monoisotopic (exact) mass is 445 g/mol. The molecule has 168 valence electrons. The minimum atomic E-state index is -0.810. The molecule has 0 radical (unpaired) electrons. The highest BCUT2D eigenvalue weighted by molar-refractivity contribution is 6.46.